The summed E-state index contributed by atoms with van der Waals surface area (Å²) in [6, 6.07) is 25.7. The largest absolute Gasteiger partial charge is 0.492 e. The van der Waals surface area contributed by atoms with Crippen molar-refractivity contribution in [3.05, 3.63) is 88.9 Å². The van der Waals surface area contributed by atoms with E-state index in [9.17, 15) is 0 Å². The van der Waals surface area contributed by atoms with Gasteiger partial charge in [-0.3, -0.25) is 9.80 Å². The molecule has 1 atom stereocenters. The van der Waals surface area contributed by atoms with Gasteiger partial charge in [-0.25, -0.2) is 0 Å². The van der Waals surface area contributed by atoms with Gasteiger partial charge >= 0.3 is 0 Å². The first-order valence-electron chi connectivity index (χ1n) is 11.0. The Kier molecular flexibility index (Phi) is 6.51. The molecule has 0 bridgehead atoms. The maximum absolute atomic E-state index is 6.35. The summed E-state index contributed by atoms with van der Waals surface area (Å²) in [6.45, 7) is 6.01. The van der Waals surface area contributed by atoms with Crippen LogP contribution in [0.25, 0.3) is 0 Å². The first-order chi connectivity index (χ1) is 15.3. The molecule has 0 spiro atoms. The minimum atomic E-state index is 0.395. The average Bonchev–Trinajstić information content (AvgIpc) is 2.97. The van der Waals surface area contributed by atoms with E-state index in [2.05, 4.69) is 46.2 Å². The van der Waals surface area contributed by atoms with Crippen molar-refractivity contribution in [3.63, 3.8) is 0 Å². The van der Waals surface area contributed by atoms with Gasteiger partial charge in [0.05, 0.1) is 0 Å². The summed E-state index contributed by atoms with van der Waals surface area (Å²) in [5.41, 5.74) is 2.80. The summed E-state index contributed by atoms with van der Waals surface area (Å²) >= 11 is 8.22. The molecule has 0 aliphatic carbocycles. The first kappa shape index (κ1) is 20.9. The zero-order chi connectivity index (χ0) is 21.0. The molecule has 5 rings (SSSR count). The van der Waals surface area contributed by atoms with Crippen LogP contribution in [-0.4, -0.2) is 49.1 Å². The lowest BCUT2D eigenvalue weighted by Crippen LogP contribution is -2.49. The Hall–Kier alpha value is -1.98. The maximum atomic E-state index is 6.35. The lowest BCUT2D eigenvalue weighted by Gasteiger charge is -2.39. The van der Waals surface area contributed by atoms with E-state index in [1.165, 1.54) is 20.9 Å². The second kappa shape index (κ2) is 9.66. The Balaban J connectivity index is 1.25. The van der Waals surface area contributed by atoms with Crippen molar-refractivity contribution >= 4 is 23.4 Å². The zero-order valence-electron chi connectivity index (χ0n) is 17.5. The van der Waals surface area contributed by atoms with E-state index in [1.54, 1.807) is 0 Å². The average molecular weight is 451 g/mol. The fourth-order valence-electron chi connectivity index (χ4n) is 4.53. The molecule has 160 valence electrons. The highest BCUT2D eigenvalue weighted by Crippen LogP contribution is 2.43. The van der Waals surface area contributed by atoms with E-state index in [4.69, 9.17) is 16.3 Å². The molecule has 3 aromatic carbocycles. The molecule has 1 fully saturated rings. The van der Waals surface area contributed by atoms with Crippen LogP contribution in [0.2, 0.25) is 5.02 Å². The van der Waals surface area contributed by atoms with E-state index in [0.717, 1.165) is 56.5 Å². The Morgan fingerprint density at radius 2 is 1.65 bits per heavy atom. The molecule has 2 aliphatic rings. The van der Waals surface area contributed by atoms with Crippen molar-refractivity contribution in [2.45, 2.75) is 22.3 Å². The Morgan fingerprint density at radius 3 is 2.48 bits per heavy atom. The van der Waals surface area contributed by atoms with E-state index < -0.39 is 0 Å². The number of ether oxygens (including phenoxy) is 1. The van der Waals surface area contributed by atoms with Gasteiger partial charge in [0.15, 0.2) is 0 Å². The van der Waals surface area contributed by atoms with Gasteiger partial charge < -0.3 is 4.74 Å². The summed E-state index contributed by atoms with van der Waals surface area (Å²) in [7, 11) is 0. The van der Waals surface area contributed by atoms with Gasteiger partial charge in [-0.1, -0.05) is 59.8 Å². The Bertz CT molecular complexity index is 1020. The second-order valence-corrected chi connectivity index (χ2v) is 9.67. The number of hydrogen-bond acceptors (Lipinski definition) is 4. The third kappa shape index (κ3) is 4.93. The molecule has 0 aromatic heterocycles. The van der Waals surface area contributed by atoms with Crippen LogP contribution in [-0.2, 0) is 6.42 Å². The van der Waals surface area contributed by atoms with Crippen LogP contribution in [0.15, 0.2) is 82.6 Å². The normalized spacial score (nSPS) is 19.3. The van der Waals surface area contributed by atoms with Crippen LogP contribution in [0.5, 0.6) is 5.75 Å². The second-order valence-electron chi connectivity index (χ2n) is 8.15. The van der Waals surface area contributed by atoms with Crippen LogP contribution in [0.4, 0.5) is 0 Å². The van der Waals surface area contributed by atoms with Crippen LogP contribution in [0.1, 0.15) is 17.2 Å². The van der Waals surface area contributed by atoms with Gasteiger partial charge in [-0.2, -0.15) is 0 Å². The summed E-state index contributed by atoms with van der Waals surface area (Å²) in [4.78, 5) is 7.87. The minimum absolute atomic E-state index is 0.395. The molecule has 1 saturated heterocycles. The summed E-state index contributed by atoms with van der Waals surface area (Å²) in [6.07, 6.45) is 1.01. The van der Waals surface area contributed by atoms with Crippen molar-refractivity contribution in [1.29, 1.82) is 0 Å². The van der Waals surface area contributed by atoms with E-state index in [-0.39, 0.29) is 0 Å². The van der Waals surface area contributed by atoms with Crippen molar-refractivity contribution in [1.82, 2.24) is 9.80 Å². The maximum Gasteiger partial charge on any atom is 0.119 e. The standard InChI is InChI=1S/C26H27ClN2OS/c27-21-10-11-25-20(18-21)19-24(23-8-4-5-9-26(23)31-25)29-14-12-28(13-15-29)16-17-30-22-6-2-1-3-7-22/h1-11,18,24H,12-17,19H2/t24-/m0/s1. The van der Waals surface area contributed by atoms with Crippen LogP contribution in [0.3, 0.4) is 0 Å². The molecular weight excluding hydrogens is 424 g/mol. The highest BCUT2D eigenvalue weighted by molar-refractivity contribution is 7.99. The smallest absolute Gasteiger partial charge is 0.119 e. The quantitative estimate of drug-likeness (QED) is 0.489. The van der Waals surface area contributed by atoms with Crippen molar-refractivity contribution in [2.24, 2.45) is 0 Å². The summed E-state index contributed by atoms with van der Waals surface area (Å²) in [5.74, 6) is 0.950. The predicted octanol–water partition coefficient (Wildman–Crippen LogP) is 5.79. The number of piperazine rings is 1. The molecular formula is C26H27ClN2OS. The highest BCUT2D eigenvalue weighted by Gasteiger charge is 2.29. The molecule has 5 heteroatoms. The van der Waals surface area contributed by atoms with Crippen molar-refractivity contribution in [3.8, 4) is 5.75 Å². The first-order valence-corrected chi connectivity index (χ1v) is 12.2. The molecule has 0 saturated carbocycles. The molecule has 3 nitrogen and oxygen atoms in total. The molecule has 0 amide bonds. The number of para-hydroxylation sites is 1. The van der Waals surface area contributed by atoms with Gasteiger partial charge in [0.1, 0.15) is 12.4 Å². The Labute approximate surface area is 194 Å². The lowest BCUT2D eigenvalue weighted by molar-refractivity contribution is 0.0850. The summed E-state index contributed by atoms with van der Waals surface area (Å²) < 4.78 is 5.89. The molecule has 0 N–H and O–H groups in total. The minimum Gasteiger partial charge on any atom is -0.492 e. The van der Waals surface area contributed by atoms with Gasteiger partial charge in [-0.15, -0.1) is 0 Å². The topological polar surface area (TPSA) is 15.7 Å². The predicted molar refractivity (Wildman–Crippen MR) is 128 cm³/mol. The van der Waals surface area contributed by atoms with E-state index in [1.807, 2.05) is 48.2 Å². The fraction of sp³-hybridized carbons (Fsp3) is 0.308. The Morgan fingerprint density at radius 1 is 0.871 bits per heavy atom. The van der Waals surface area contributed by atoms with Crippen LogP contribution < -0.4 is 4.74 Å². The molecule has 2 heterocycles. The molecule has 2 aliphatic heterocycles. The number of halogens is 1. The van der Waals surface area contributed by atoms with Crippen molar-refractivity contribution < 1.29 is 4.74 Å². The highest BCUT2D eigenvalue weighted by atomic mass is 35.5. The van der Waals surface area contributed by atoms with Gasteiger partial charge in [0, 0.05) is 53.6 Å². The van der Waals surface area contributed by atoms with Crippen LogP contribution in [0, 0.1) is 0 Å². The van der Waals surface area contributed by atoms with E-state index >= 15 is 0 Å². The molecule has 31 heavy (non-hydrogen) atoms. The van der Waals surface area contributed by atoms with Gasteiger partial charge in [0.2, 0.25) is 0 Å². The molecule has 3 aromatic rings. The van der Waals surface area contributed by atoms with Crippen molar-refractivity contribution in [2.75, 3.05) is 39.3 Å². The number of hydrogen-bond donors (Lipinski definition) is 0. The van der Waals surface area contributed by atoms with Crippen LogP contribution >= 0.6 is 23.4 Å². The number of nitrogens with zero attached hydrogens (tertiary/aromatic N) is 2. The monoisotopic (exact) mass is 450 g/mol. The summed E-state index contributed by atoms with van der Waals surface area (Å²) in [5, 5.41) is 0.826. The third-order valence-corrected chi connectivity index (χ3v) is 7.65. The molecule has 0 radical (unpaired) electrons. The third-order valence-electron chi connectivity index (χ3n) is 6.20. The fourth-order valence-corrected chi connectivity index (χ4v) is 5.84. The zero-order valence-corrected chi connectivity index (χ0v) is 19.1. The number of fused-ring (bicyclic) bond motifs is 2. The van der Waals surface area contributed by atoms with Gasteiger partial charge in [-0.05, 0) is 53.9 Å². The van der Waals surface area contributed by atoms with E-state index in [0.29, 0.717) is 6.04 Å². The lowest BCUT2D eigenvalue weighted by atomic mass is 9.96. The van der Waals surface area contributed by atoms with Gasteiger partial charge in [0.25, 0.3) is 0 Å². The SMILES string of the molecule is Clc1ccc2c(c1)C[C@H](N1CCN(CCOc3ccccc3)CC1)c1ccccc1S2. The molecule has 0 unspecified atom stereocenters. The number of rotatable bonds is 5. The number of benzene rings is 3.